The van der Waals surface area contributed by atoms with Crippen LogP contribution in [0, 0.1) is 23.1 Å². The molecule has 3 rings (SSSR count). The number of nitrogens with one attached hydrogen (secondary N) is 1. The Labute approximate surface area is 142 Å². The fourth-order valence-corrected chi connectivity index (χ4v) is 3.07. The smallest absolute Gasteiger partial charge is 0.231 e. The molecule has 0 spiro atoms. The van der Waals surface area contributed by atoms with Gasteiger partial charge in [-0.05, 0) is 54.3 Å². The summed E-state index contributed by atoms with van der Waals surface area (Å²) in [5.74, 6) is -0.371. The second kappa shape index (κ2) is 6.57. The van der Waals surface area contributed by atoms with Crippen LogP contribution in [-0.4, -0.2) is 37.4 Å². The lowest BCUT2D eigenvalue weighted by atomic mass is 9.98. The Morgan fingerprint density at radius 1 is 1.58 bits per heavy atom. The van der Waals surface area contributed by atoms with Gasteiger partial charge >= 0.3 is 0 Å². The van der Waals surface area contributed by atoms with Crippen molar-refractivity contribution < 1.29 is 9.18 Å². The maximum absolute atomic E-state index is 13.3. The monoisotopic (exact) mass is 346 g/mol. The minimum Gasteiger partial charge on any atom is -0.337 e. The van der Waals surface area contributed by atoms with Crippen molar-refractivity contribution in [2.75, 3.05) is 5.75 Å². The Morgan fingerprint density at radius 3 is 3.04 bits per heavy atom. The zero-order chi connectivity index (χ0) is 17.2. The van der Waals surface area contributed by atoms with E-state index in [2.05, 4.69) is 26.9 Å². The second-order valence-corrected chi connectivity index (χ2v) is 6.72. The number of tetrazole rings is 1. The lowest BCUT2D eigenvalue weighted by molar-refractivity contribution is -0.119. The highest BCUT2D eigenvalue weighted by Gasteiger charge is 2.42. The predicted molar refractivity (Wildman–Crippen MR) is 84.7 cm³/mol. The van der Waals surface area contributed by atoms with Crippen LogP contribution < -0.4 is 5.32 Å². The van der Waals surface area contributed by atoms with Crippen LogP contribution in [0.5, 0.6) is 0 Å². The Bertz CT molecular complexity index is 799. The number of nitrogens with zero attached hydrogens (tertiary/aromatic N) is 5. The first-order chi connectivity index (χ1) is 11.5. The Morgan fingerprint density at radius 2 is 2.38 bits per heavy atom. The van der Waals surface area contributed by atoms with E-state index in [0.717, 1.165) is 24.6 Å². The third kappa shape index (κ3) is 3.54. The van der Waals surface area contributed by atoms with Crippen molar-refractivity contribution >= 4 is 17.7 Å². The molecule has 7 nitrogen and oxygen atoms in total. The van der Waals surface area contributed by atoms with E-state index in [-0.39, 0.29) is 17.6 Å². The molecule has 1 unspecified atom stereocenters. The van der Waals surface area contributed by atoms with Crippen LogP contribution in [0.25, 0.3) is 5.69 Å². The van der Waals surface area contributed by atoms with Gasteiger partial charge in [-0.15, -0.1) is 5.10 Å². The normalized spacial score (nSPS) is 16.2. The number of aromatic nitrogens is 4. The van der Waals surface area contributed by atoms with Gasteiger partial charge in [0.25, 0.3) is 0 Å². The van der Waals surface area contributed by atoms with Gasteiger partial charge in [-0.1, -0.05) is 17.8 Å². The van der Waals surface area contributed by atoms with Crippen LogP contribution in [-0.2, 0) is 4.79 Å². The van der Waals surface area contributed by atoms with E-state index in [0.29, 0.717) is 10.8 Å². The van der Waals surface area contributed by atoms with Crippen molar-refractivity contribution in [3.8, 4) is 11.8 Å². The van der Waals surface area contributed by atoms with Crippen molar-refractivity contribution in [1.29, 1.82) is 5.26 Å². The molecule has 0 radical (unpaired) electrons. The molecule has 1 aromatic heterocycles. The predicted octanol–water partition coefficient (Wildman–Crippen LogP) is 1.70. The zero-order valence-electron chi connectivity index (χ0n) is 12.9. The topological polar surface area (TPSA) is 96.5 Å². The van der Waals surface area contributed by atoms with Gasteiger partial charge in [-0.2, -0.15) is 9.94 Å². The highest BCUT2D eigenvalue weighted by Crippen LogP contribution is 2.39. The molecule has 2 aromatic rings. The van der Waals surface area contributed by atoms with E-state index in [1.54, 1.807) is 19.1 Å². The molecule has 0 aliphatic heterocycles. The van der Waals surface area contributed by atoms with E-state index < -0.39 is 11.4 Å². The molecular formula is C15H15FN6OS. The van der Waals surface area contributed by atoms with Gasteiger partial charge in [-0.25, -0.2) is 4.39 Å². The van der Waals surface area contributed by atoms with E-state index in [1.807, 2.05) is 0 Å². The van der Waals surface area contributed by atoms with Crippen LogP contribution in [0.4, 0.5) is 4.39 Å². The van der Waals surface area contributed by atoms with Crippen LogP contribution in [0.1, 0.15) is 19.8 Å². The van der Waals surface area contributed by atoms with Crippen molar-refractivity contribution in [3.05, 3.63) is 30.1 Å². The number of nitriles is 1. The summed E-state index contributed by atoms with van der Waals surface area (Å²) in [5, 5.41) is 23.7. The van der Waals surface area contributed by atoms with Crippen LogP contribution >= 0.6 is 11.8 Å². The number of hydrogen-bond acceptors (Lipinski definition) is 6. The number of thioether (sulfide) groups is 1. The summed E-state index contributed by atoms with van der Waals surface area (Å²) < 4.78 is 14.7. The Hall–Kier alpha value is -2.47. The fourth-order valence-electron chi connectivity index (χ4n) is 2.38. The Balaban J connectivity index is 1.65. The van der Waals surface area contributed by atoms with E-state index in [1.165, 1.54) is 16.8 Å². The zero-order valence-corrected chi connectivity index (χ0v) is 13.8. The minimum atomic E-state index is -0.827. The highest BCUT2D eigenvalue weighted by atomic mass is 32.2. The first-order valence-electron chi connectivity index (χ1n) is 7.41. The molecule has 1 aliphatic rings. The second-order valence-electron chi connectivity index (χ2n) is 5.78. The first kappa shape index (κ1) is 16.4. The average molecular weight is 346 g/mol. The molecule has 1 aromatic carbocycles. The van der Waals surface area contributed by atoms with E-state index in [4.69, 9.17) is 0 Å². The van der Waals surface area contributed by atoms with Crippen LogP contribution in [0.3, 0.4) is 0 Å². The molecular weight excluding hydrogens is 331 g/mol. The molecule has 1 atom stereocenters. The number of hydrogen-bond donors (Lipinski definition) is 1. The molecule has 0 saturated heterocycles. The lowest BCUT2D eigenvalue weighted by Gasteiger charge is -2.22. The van der Waals surface area contributed by atoms with Crippen LogP contribution in [0.15, 0.2) is 29.4 Å². The quantitative estimate of drug-likeness (QED) is 0.800. The van der Waals surface area contributed by atoms with Gasteiger partial charge in [0.05, 0.1) is 17.5 Å². The molecule has 9 heteroatoms. The summed E-state index contributed by atoms with van der Waals surface area (Å²) in [4.78, 5) is 12.1. The van der Waals surface area contributed by atoms with Gasteiger partial charge < -0.3 is 5.32 Å². The third-order valence-corrected chi connectivity index (χ3v) is 4.77. The van der Waals surface area contributed by atoms with Crippen molar-refractivity contribution in [3.63, 3.8) is 0 Å². The molecule has 1 amide bonds. The average Bonchev–Trinajstić information content (AvgIpc) is 3.32. The maximum atomic E-state index is 13.3. The van der Waals surface area contributed by atoms with E-state index >= 15 is 0 Å². The summed E-state index contributed by atoms with van der Waals surface area (Å²) in [5.41, 5.74) is -0.352. The number of carbonyl (C=O) groups is 1. The highest BCUT2D eigenvalue weighted by molar-refractivity contribution is 7.99. The first-order valence-corrected chi connectivity index (χ1v) is 8.40. The van der Waals surface area contributed by atoms with Crippen LogP contribution in [0.2, 0.25) is 0 Å². The molecule has 1 N–H and O–H groups in total. The van der Waals surface area contributed by atoms with Crippen molar-refractivity contribution in [2.45, 2.75) is 30.5 Å². The Kier molecular flexibility index (Phi) is 4.49. The molecule has 24 heavy (non-hydrogen) atoms. The van der Waals surface area contributed by atoms with Gasteiger partial charge in [0, 0.05) is 0 Å². The summed E-state index contributed by atoms with van der Waals surface area (Å²) in [6.45, 7) is 1.74. The lowest BCUT2D eigenvalue weighted by Crippen LogP contribution is -2.47. The summed E-state index contributed by atoms with van der Waals surface area (Å²) in [6, 6.07) is 8.04. The van der Waals surface area contributed by atoms with Gasteiger partial charge in [0.1, 0.15) is 11.4 Å². The van der Waals surface area contributed by atoms with Crippen molar-refractivity contribution in [2.24, 2.45) is 5.92 Å². The number of rotatable bonds is 6. The number of carbonyl (C=O) groups excluding carboxylic acids is 1. The summed E-state index contributed by atoms with van der Waals surface area (Å²) in [6.07, 6.45) is 1.91. The number of benzene rings is 1. The van der Waals surface area contributed by atoms with Gasteiger partial charge in [-0.3, -0.25) is 4.79 Å². The van der Waals surface area contributed by atoms with Crippen molar-refractivity contribution in [1.82, 2.24) is 25.5 Å². The molecule has 1 aliphatic carbocycles. The van der Waals surface area contributed by atoms with E-state index in [9.17, 15) is 14.4 Å². The summed E-state index contributed by atoms with van der Waals surface area (Å²) >= 11 is 1.13. The third-order valence-electron chi connectivity index (χ3n) is 3.85. The largest absolute Gasteiger partial charge is 0.337 e. The fraction of sp³-hybridized carbons (Fsp3) is 0.400. The SMILES string of the molecule is CC(C#N)(NC(=O)CSc1nnnn1-c1cccc(F)c1)C1CC1. The van der Waals surface area contributed by atoms with Gasteiger partial charge in [0.2, 0.25) is 11.1 Å². The number of halogens is 1. The molecule has 1 saturated carbocycles. The summed E-state index contributed by atoms with van der Waals surface area (Å²) in [7, 11) is 0. The van der Waals surface area contributed by atoms with Gasteiger partial charge in [0.15, 0.2) is 0 Å². The number of amides is 1. The molecule has 1 fully saturated rings. The minimum absolute atomic E-state index is 0.0691. The maximum Gasteiger partial charge on any atom is 0.231 e. The molecule has 1 heterocycles. The molecule has 124 valence electrons. The molecule has 0 bridgehead atoms. The standard InChI is InChI=1S/C15H15FN6OS/c1-15(9-17,10-5-6-10)18-13(23)8-24-14-19-20-21-22(14)12-4-2-3-11(16)7-12/h2-4,7,10H,5-6,8H2,1H3,(H,18,23).